The van der Waals surface area contributed by atoms with E-state index in [1.165, 1.54) is 0 Å². The number of aliphatic hydroxyl groups is 1. The SMILES string of the molecule is COc1ccc(Cl)cc1C(O)CNc1nc(C)nc2[nH]ncc12. The summed E-state index contributed by atoms with van der Waals surface area (Å²) in [6.07, 6.45) is 0.838. The van der Waals surface area contributed by atoms with Crippen molar-refractivity contribution in [3.8, 4) is 5.75 Å². The topological polar surface area (TPSA) is 96.0 Å². The van der Waals surface area contributed by atoms with Crippen LogP contribution in [-0.4, -0.2) is 38.9 Å². The van der Waals surface area contributed by atoms with E-state index in [4.69, 9.17) is 16.3 Å². The monoisotopic (exact) mass is 333 g/mol. The van der Waals surface area contributed by atoms with Gasteiger partial charge in [0.2, 0.25) is 0 Å². The Labute approximate surface area is 137 Å². The number of aryl methyl sites for hydroxylation is 1. The first kappa shape index (κ1) is 15.5. The highest BCUT2D eigenvalue weighted by atomic mass is 35.5. The molecule has 7 nitrogen and oxygen atoms in total. The molecule has 3 aromatic rings. The van der Waals surface area contributed by atoms with Crippen LogP contribution in [-0.2, 0) is 0 Å². The summed E-state index contributed by atoms with van der Waals surface area (Å²) in [6.45, 7) is 2.04. The predicted molar refractivity (Wildman–Crippen MR) is 87.9 cm³/mol. The molecule has 0 fully saturated rings. The Bertz CT molecular complexity index is 836. The lowest BCUT2D eigenvalue weighted by atomic mass is 10.1. The molecule has 1 atom stereocenters. The molecule has 0 aliphatic heterocycles. The largest absolute Gasteiger partial charge is 0.496 e. The second-order valence-electron chi connectivity index (χ2n) is 5.03. The van der Waals surface area contributed by atoms with E-state index in [2.05, 4.69) is 25.5 Å². The molecule has 120 valence electrons. The van der Waals surface area contributed by atoms with Crippen molar-refractivity contribution in [3.63, 3.8) is 0 Å². The predicted octanol–water partition coefficient (Wildman–Crippen LogP) is 2.47. The summed E-state index contributed by atoms with van der Waals surface area (Å²) in [5.74, 6) is 1.80. The molecule has 0 radical (unpaired) electrons. The van der Waals surface area contributed by atoms with Crippen LogP contribution in [0.1, 0.15) is 17.5 Å². The molecule has 3 rings (SSSR count). The number of aromatic nitrogens is 4. The highest BCUT2D eigenvalue weighted by Gasteiger charge is 2.15. The Morgan fingerprint density at radius 3 is 3.00 bits per heavy atom. The van der Waals surface area contributed by atoms with Crippen LogP contribution >= 0.6 is 11.6 Å². The van der Waals surface area contributed by atoms with E-state index in [9.17, 15) is 5.11 Å². The summed E-state index contributed by atoms with van der Waals surface area (Å²) in [4.78, 5) is 8.60. The molecule has 0 saturated heterocycles. The van der Waals surface area contributed by atoms with Crippen molar-refractivity contribution < 1.29 is 9.84 Å². The zero-order chi connectivity index (χ0) is 16.4. The molecule has 0 aliphatic carbocycles. The van der Waals surface area contributed by atoms with Gasteiger partial charge in [0.1, 0.15) is 17.4 Å². The zero-order valence-corrected chi connectivity index (χ0v) is 13.4. The second kappa shape index (κ2) is 6.39. The molecule has 0 amide bonds. The smallest absolute Gasteiger partial charge is 0.161 e. The van der Waals surface area contributed by atoms with Gasteiger partial charge in [-0.25, -0.2) is 9.97 Å². The third-order valence-electron chi connectivity index (χ3n) is 3.44. The van der Waals surface area contributed by atoms with Crippen molar-refractivity contribution in [2.45, 2.75) is 13.0 Å². The summed E-state index contributed by atoms with van der Waals surface area (Å²) < 4.78 is 5.26. The number of anilines is 1. The first-order valence-corrected chi connectivity index (χ1v) is 7.39. The van der Waals surface area contributed by atoms with Gasteiger partial charge in [0.05, 0.1) is 24.8 Å². The average Bonchev–Trinajstić information content (AvgIpc) is 3.00. The number of methoxy groups -OCH3 is 1. The number of aliphatic hydroxyl groups excluding tert-OH is 1. The van der Waals surface area contributed by atoms with E-state index in [0.717, 1.165) is 5.39 Å². The molecule has 0 aliphatic rings. The van der Waals surface area contributed by atoms with Crippen molar-refractivity contribution in [1.82, 2.24) is 20.2 Å². The fourth-order valence-electron chi connectivity index (χ4n) is 2.35. The Morgan fingerprint density at radius 1 is 1.39 bits per heavy atom. The lowest BCUT2D eigenvalue weighted by Crippen LogP contribution is -2.14. The molecule has 1 unspecified atom stereocenters. The number of aromatic amines is 1. The minimum atomic E-state index is -0.805. The summed E-state index contributed by atoms with van der Waals surface area (Å²) in [5, 5.41) is 21.6. The first-order chi connectivity index (χ1) is 11.1. The van der Waals surface area contributed by atoms with Crippen LogP contribution in [0.4, 0.5) is 5.82 Å². The van der Waals surface area contributed by atoms with E-state index in [-0.39, 0.29) is 6.54 Å². The van der Waals surface area contributed by atoms with Crippen molar-refractivity contribution in [2.24, 2.45) is 0 Å². The molecule has 0 bridgehead atoms. The maximum absolute atomic E-state index is 10.4. The van der Waals surface area contributed by atoms with E-state index in [1.807, 2.05) is 0 Å². The fraction of sp³-hybridized carbons (Fsp3) is 0.267. The summed E-state index contributed by atoms with van der Waals surface area (Å²) >= 11 is 6.00. The van der Waals surface area contributed by atoms with Crippen LogP contribution in [0.2, 0.25) is 5.02 Å². The number of ether oxygens (including phenoxy) is 1. The molecule has 0 saturated carbocycles. The minimum absolute atomic E-state index is 0.243. The number of H-pyrrole nitrogens is 1. The molecule has 2 heterocycles. The molecule has 23 heavy (non-hydrogen) atoms. The van der Waals surface area contributed by atoms with Crippen molar-refractivity contribution in [1.29, 1.82) is 0 Å². The normalized spacial score (nSPS) is 12.3. The maximum atomic E-state index is 10.4. The number of nitrogens with one attached hydrogen (secondary N) is 2. The van der Waals surface area contributed by atoms with Gasteiger partial charge in [-0.2, -0.15) is 5.10 Å². The van der Waals surface area contributed by atoms with Gasteiger partial charge in [-0.1, -0.05) is 11.6 Å². The number of halogens is 1. The van der Waals surface area contributed by atoms with Crippen LogP contribution in [0.5, 0.6) is 5.75 Å². The van der Waals surface area contributed by atoms with Gasteiger partial charge in [0.15, 0.2) is 5.65 Å². The van der Waals surface area contributed by atoms with Gasteiger partial charge in [0.25, 0.3) is 0 Å². The number of rotatable bonds is 5. The van der Waals surface area contributed by atoms with Gasteiger partial charge in [-0.05, 0) is 25.1 Å². The highest BCUT2D eigenvalue weighted by molar-refractivity contribution is 6.30. The van der Waals surface area contributed by atoms with Crippen LogP contribution in [0.25, 0.3) is 11.0 Å². The van der Waals surface area contributed by atoms with Gasteiger partial charge < -0.3 is 15.2 Å². The van der Waals surface area contributed by atoms with Crippen LogP contribution in [0.15, 0.2) is 24.4 Å². The molecule has 0 spiro atoms. The Kier molecular flexibility index (Phi) is 4.31. The standard InChI is InChI=1S/C15H16ClN5O2/c1-8-19-14(11-6-18-21-15(11)20-8)17-7-12(22)10-5-9(16)3-4-13(10)23-2/h3-6,12,22H,7H2,1-2H3,(H2,17,18,19,20,21). The first-order valence-electron chi connectivity index (χ1n) is 7.01. The van der Waals surface area contributed by atoms with E-state index < -0.39 is 6.10 Å². The van der Waals surface area contributed by atoms with Crippen LogP contribution in [0, 0.1) is 6.92 Å². The fourth-order valence-corrected chi connectivity index (χ4v) is 2.53. The van der Waals surface area contributed by atoms with Crippen molar-refractivity contribution in [2.75, 3.05) is 19.0 Å². The number of hydrogen-bond donors (Lipinski definition) is 3. The highest BCUT2D eigenvalue weighted by Crippen LogP contribution is 2.29. The van der Waals surface area contributed by atoms with Gasteiger partial charge in [-0.3, -0.25) is 5.10 Å². The minimum Gasteiger partial charge on any atom is -0.496 e. The number of fused-ring (bicyclic) bond motifs is 1. The molecule has 3 N–H and O–H groups in total. The van der Waals surface area contributed by atoms with E-state index in [0.29, 0.717) is 33.6 Å². The Morgan fingerprint density at radius 2 is 2.22 bits per heavy atom. The van der Waals surface area contributed by atoms with Gasteiger partial charge in [0, 0.05) is 17.1 Å². The average molecular weight is 334 g/mol. The van der Waals surface area contributed by atoms with Crippen molar-refractivity contribution in [3.05, 3.63) is 40.8 Å². The molecular weight excluding hydrogens is 318 g/mol. The molecule has 2 aromatic heterocycles. The zero-order valence-electron chi connectivity index (χ0n) is 12.7. The number of nitrogens with zero attached hydrogens (tertiary/aromatic N) is 3. The molecule has 8 heteroatoms. The second-order valence-corrected chi connectivity index (χ2v) is 5.47. The quantitative estimate of drug-likeness (QED) is 0.664. The maximum Gasteiger partial charge on any atom is 0.161 e. The number of hydrogen-bond acceptors (Lipinski definition) is 6. The van der Waals surface area contributed by atoms with E-state index >= 15 is 0 Å². The van der Waals surface area contributed by atoms with Crippen molar-refractivity contribution >= 4 is 28.5 Å². The summed E-state index contributed by atoms with van der Waals surface area (Å²) in [6, 6.07) is 5.13. The molecular formula is C15H16ClN5O2. The number of benzene rings is 1. The van der Waals surface area contributed by atoms with E-state index in [1.54, 1.807) is 38.4 Å². The lowest BCUT2D eigenvalue weighted by molar-refractivity contribution is 0.187. The van der Waals surface area contributed by atoms with Crippen LogP contribution in [0.3, 0.4) is 0 Å². The summed E-state index contributed by atoms with van der Waals surface area (Å²) in [7, 11) is 1.55. The van der Waals surface area contributed by atoms with Gasteiger partial charge >= 0.3 is 0 Å². The Hall–Kier alpha value is -2.38. The summed E-state index contributed by atoms with van der Waals surface area (Å²) in [5.41, 5.74) is 1.26. The third kappa shape index (κ3) is 3.20. The Balaban J connectivity index is 1.82. The molecule has 1 aromatic carbocycles. The third-order valence-corrected chi connectivity index (χ3v) is 3.67. The lowest BCUT2D eigenvalue weighted by Gasteiger charge is -2.16. The van der Waals surface area contributed by atoms with Crippen LogP contribution < -0.4 is 10.1 Å². The van der Waals surface area contributed by atoms with Gasteiger partial charge in [-0.15, -0.1) is 0 Å².